The summed E-state index contributed by atoms with van der Waals surface area (Å²) in [5, 5.41) is 4.27. The highest BCUT2D eigenvalue weighted by molar-refractivity contribution is 9.09. The van der Waals surface area contributed by atoms with E-state index in [9.17, 15) is 4.79 Å². The van der Waals surface area contributed by atoms with Gasteiger partial charge in [0.05, 0.1) is 0 Å². The molecule has 3 heteroatoms. The van der Waals surface area contributed by atoms with Gasteiger partial charge in [-0.15, -0.1) is 0 Å². The number of halogens is 1. The normalized spacial score (nSPS) is 43.0. The van der Waals surface area contributed by atoms with Crippen molar-refractivity contribution in [3.63, 3.8) is 0 Å². The van der Waals surface area contributed by atoms with Gasteiger partial charge in [-0.3, -0.25) is 4.79 Å². The molecule has 0 heterocycles. The van der Waals surface area contributed by atoms with E-state index in [0.717, 1.165) is 23.1 Å². The molecule has 2 unspecified atom stereocenters. The Labute approximate surface area is 125 Å². The maximum atomic E-state index is 12.8. The van der Waals surface area contributed by atoms with Gasteiger partial charge in [0.2, 0.25) is 5.91 Å². The summed E-state index contributed by atoms with van der Waals surface area (Å²) in [6.45, 7) is 4.34. The smallest absolute Gasteiger partial charge is 0.226 e. The number of carbonyl (C=O) groups excluding carboxylic acids is 1. The van der Waals surface area contributed by atoms with Crippen molar-refractivity contribution in [1.29, 1.82) is 0 Å². The van der Waals surface area contributed by atoms with Crippen LogP contribution in [0.2, 0.25) is 0 Å². The molecule has 0 radical (unpaired) electrons. The fraction of sp³-hybridized carbons (Fsp3) is 0.938. The van der Waals surface area contributed by atoms with E-state index in [-0.39, 0.29) is 11.5 Å². The second kappa shape index (κ2) is 5.05. The van der Waals surface area contributed by atoms with Crippen LogP contribution in [0.1, 0.15) is 52.4 Å². The Morgan fingerprint density at radius 1 is 1.16 bits per heavy atom. The van der Waals surface area contributed by atoms with E-state index < -0.39 is 0 Å². The van der Waals surface area contributed by atoms with Crippen molar-refractivity contribution in [1.82, 2.24) is 5.32 Å². The average Bonchev–Trinajstić information content (AvgIpc) is 2.36. The van der Waals surface area contributed by atoms with Gasteiger partial charge in [-0.1, -0.05) is 22.9 Å². The van der Waals surface area contributed by atoms with Crippen LogP contribution in [-0.2, 0) is 4.79 Å². The van der Waals surface area contributed by atoms with Gasteiger partial charge in [0, 0.05) is 16.8 Å². The maximum Gasteiger partial charge on any atom is 0.226 e. The Morgan fingerprint density at radius 2 is 1.63 bits per heavy atom. The zero-order chi connectivity index (χ0) is 13.6. The van der Waals surface area contributed by atoms with Gasteiger partial charge in [0.1, 0.15) is 0 Å². The summed E-state index contributed by atoms with van der Waals surface area (Å²) in [5.41, 5.74) is 0.00897. The lowest BCUT2D eigenvalue weighted by Gasteiger charge is -2.55. The summed E-state index contributed by atoms with van der Waals surface area (Å²) in [6.07, 6.45) is 7.71. The molecular formula is C16H26BrNO. The number of amides is 1. The van der Waals surface area contributed by atoms with E-state index >= 15 is 0 Å². The Balaban J connectivity index is 1.69. The molecule has 4 rings (SSSR count). The van der Waals surface area contributed by atoms with Gasteiger partial charge >= 0.3 is 0 Å². The molecule has 2 atom stereocenters. The molecule has 4 saturated carbocycles. The highest BCUT2D eigenvalue weighted by atomic mass is 79.9. The van der Waals surface area contributed by atoms with Crippen LogP contribution >= 0.6 is 15.9 Å². The van der Waals surface area contributed by atoms with Crippen LogP contribution in [0.15, 0.2) is 0 Å². The van der Waals surface area contributed by atoms with Crippen molar-refractivity contribution < 1.29 is 4.79 Å². The molecule has 2 nitrogen and oxygen atoms in total. The van der Waals surface area contributed by atoms with Gasteiger partial charge in [-0.25, -0.2) is 0 Å². The number of carbonyl (C=O) groups is 1. The molecule has 1 N–H and O–H groups in total. The first-order valence-corrected chi connectivity index (χ1v) is 9.01. The summed E-state index contributed by atoms with van der Waals surface area (Å²) in [7, 11) is 0. The Morgan fingerprint density at radius 3 is 2.05 bits per heavy atom. The topological polar surface area (TPSA) is 29.1 Å². The molecule has 4 aliphatic carbocycles. The molecular weight excluding hydrogens is 302 g/mol. The van der Waals surface area contributed by atoms with Crippen molar-refractivity contribution in [3.8, 4) is 0 Å². The van der Waals surface area contributed by atoms with Gasteiger partial charge < -0.3 is 5.32 Å². The highest BCUT2D eigenvalue weighted by Crippen LogP contribution is 2.60. The largest absolute Gasteiger partial charge is 0.353 e. The summed E-state index contributed by atoms with van der Waals surface area (Å²) < 4.78 is 0. The van der Waals surface area contributed by atoms with E-state index in [4.69, 9.17) is 0 Å². The second-order valence-corrected chi connectivity index (χ2v) is 8.24. The van der Waals surface area contributed by atoms with E-state index in [0.29, 0.717) is 11.8 Å². The Bertz CT molecular complexity index is 332. The molecule has 0 aromatic heterocycles. The van der Waals surface area contributed by atoms with Crippen LogP contribution in [0.25, 0.3) is 0 Å². The quantitative estimate of drug-likeness (QED) is 0.783. The minimum atomic E-state index is 0.00897. The zero-order valence-electron chi connectivity index (χ0n) is 12.1. The van der Waals surface area contributed by atoms with E-state index in [1.165, 1.54) is 38.5 Å². The molecule has 19 heavy (non-hydrogen) atoms. The summed E-state index contributed by atoms with van der Waals surface area (Å²) >= 11 is 3.52. The molecule has 0 aromatic rings. The third kappa shape index (κ3) is 2.48. The van der Waals surface area contributed by atoms with Crippen molar-refractivity contribution >= 4 is 21.8 Å². The van der Waals surface area contributed by atoms with Crippen LogP contribution < -0.4 is 5.32 Å². The average molecular weight is 328 g/mol. The molecule has 0 saturated heterocycles. The minimum absolute atomic E-state index is 0.00897. The van der Waals surface area contributed by atoms with E-state index in [1.807, 2.05) is 0 Å². The minimum Gasteiger partial charge on any atom is -0.353 e. The molecule has 4 bridgehead atoms. The van der Waals surface area contributed by atoms with Gasteiger partial charge in [-0.05, 0) is 69.1 Å². The van der Waals surface area contributed by atoms with Crippen LogP contribution in [0, 0.1) is 29.1 Å². The van der Waals surface area contributed by atoms with Crippen LogP contribution in [0.4, 0.5) is 0 Å². The molecule has 4 fully saturated rings. The van der Waals surface area contributed by atoms with Crippen molar-refractivity contribution in [3.05, 3.63) is 0 Å². The van der Waals surface area contributed by atoms with E-state index in [2.05, 4.69) is 35.1 Å². The Kier molecular flexibility index (Phi) is 3.70. The first-order valence-electron chi connectivity index (χ1n) is 7.89. The zero-order valence-corrected chi connectivity index (χ0v) is 13.7. The van der Waals surface area contributed by atoms with Crippen LogP contribution in [0.3, 0.4) is 0 Å². The SMILES string of the molecule is CC(CBr)C(C)NC(=O)C12CC3CC(CC(C3)C1)C2. The lowest BCUT2D eigenvalue weighted by atomic mass is 9.49. The monoisotopic (exact) mass is 327 g/mol. The number of hydrogen-bond acceptors (Lipinski definition) is 1. The standard InChI is InChI=1S/C16H26BrNO/c1-10(9-17)11(2)18-15(19)16-6-12-3-13(7-16)5-14(4-12)8-16/h10-14H,3-9H2,1-2H3,(H,18,19). The Hall–Kier alpha value is -0.0500. The number of hydrogen-bond donors (Lipinski definition) is 1. The predicted molar refractivity (Wildman–Crippen MR) is 81.2 cm³/mol. The lowest BCUT2D eigenvalue weighted by molar-refractivity contribution is -0.147. The van der Waals surface area contributed by atoms with E-state index in [1.54, 1.807) is 0 Å². The van der Waals surface area contributed by atoms with Gasteiger partial charge in [-0.2, -0.15) is 0 Å². The molecule has 1 amide bonds. The molecule has 0 aromatic carbocycles. The van der Waals surface area contributed by atoms with Crippen molar-refractivity contribution in [2.45, 2.75) is 58.4 Å². The maximum absolute atomic E-state index is 12.8. The first-order chi connectivity index (χ1) is 9.02. The summed E-state index contributed by atoms with van der Waals surface area (Å²) in [5.74, 6) is 3.41. The van der Waals surface area contributed by atoms with Gasteiger partial charge in [0.15, 0.2) is 0 Å². The van der Waals surface area contributed by atoms with Gasteiger partial charge in [0.25, 0.3) is 0 Å². The fourth-order valence-electron chi connectivity index (χ4n) is 5.02. The molecule has 0 aliphatic heterocycles. The molecule has 108 valence electrons. The van der Waals surface area contributed by atoms with Crippen molar-refractivity contribution in [2.75, 3.05) is 5.33 Å². The number of rotatable bonds is 4. The summed E-state index contributed by atoms with van der Waals surface area (Å²) in [6, 6.07) is 0.278. The molecule has 0 spiro atoms. The van der Waals surface area contributed by atoms with Crippen molar-refractivity contribution in [2.24, 2.45) is 29.1 Å². The number of nitrogens with one attached hydrogen (secondary N) is 1. The first kappa shape index (κ1) is 13.9. The molecule has 4 aliphatic rings. The van der Waals surface area contributed by atoms with Crippen LogP contribution in [-0.4, -0.2) is 17.3 Å². The third-order valence-electron chi connectivity index (χ3n) is 5.98. The number of alkyl halides is 1. The summed E-state index contributed by atoms with van der Waals surface area (Å²) in [4.78, 5) is 12.8. The highest BCUT2D eigenvalue weighted by Gasteiger charge is 2.54. The second-order valence-electron chi connectivity index (χ2n) is 7.59. The third-order valence-corrected chi connectivity index (χ3v) is 7.00. The van der Waals surface area contributed by atoms with Crippen LogP contribution in [0.5, 0.6) is 0 Å². The predicted octanol–water partition coefficient (Wildman–Crippen LogP) is 3.74. The lowest BCUT2D eigenvalue weighted by Crippen LogP contribution is -2.55. The fourth-order valence-corrected chi connectivity index (χ4v) is 5.59.